The highest BCUT2D eigenvalue weighted by molar-refractivity contribution is 5.67. The molecule has 80 valence electrons. The van der Waals surface area contributed by atoms with Gasteiger partial charge in [0.05, 0.1) is 0 Å². The molecule has 0 radical (unpaired) electrons. The predicted octanol–water partition coefficient (Wildman–Crippen LogP) is 2.11. The van der Waals surface area contributed by atoms with Gasteiger partial charge in [-0.25, -0.2) is 4.39 Å². The van der Waals surface area contributed by atoms with Crippen LogP contribution in [-0.2, 0) is 4.79 Å². The highest BCUT2D eigenvalue weighted by Crippen LogP contribution is 2.49. The van der Waals surface area contributed by atoms with Gasteiger partial charge in [0.15, 0.2) is 11.6 Å². The summed E-state index contributed by atoms with van der Waals surface area (Å²) in [4.78, 5) is 10.4. The van der Waals surface area contributed by atoms with Gasteiger partial charge in [0, 0.05) is 6.42 Å². The van der Waals surface area contributed by atoms with Gasteiger partial charge < -0.3 is 10.2 Å². The lowest BCUT2D eigenvalue weighted by Crippen LogP contribution is -1.96. The molecular weight excluding hydrogens is 199 g/mol. The number of aliphatic carboxylic acids is 1. The summed E-state index contributed by atoms with van der Waals surface area (Å²) < 4.78 is 13.0. The van der Waals surface area contributed by atoms with Gasteiger partial charge in [-0.15, -0.1) is 0 Å². The molecule has 4 heteroatoms. The second kappa shape index (κ2) is 3.53. The molecule has 0 heterocycles. The molecule has 0 aromatic heterocycles. The molecule has 1 aromatic carbocycles. The van der Waals surface area contributed by atoms with Crippen molar-refractivity contribution in [2.75, 3.05) is 0 Å². The Morgan fingerprint density at radius 1 is 1.53 bits per heavy atom. The van der Waals surface area contributed by atoms with Gasteiger partial charge in [0.25, 0.3) is 0 Å². The molecule has 2 N–H and O–H groups in total. The fraction of sp³-hybridized carbons (Fsp3) is 0.364. The molecule has 0 bridgehead atoms. The number of phenols is 1. The first kappa shape index (κ1) is 9.96. The molecular formula is C11H11FO3. The molecule has 1 aliphatic rings. The van der Waals surface area contributed by atoms with E-state index in [9.17, 15) is 9.18 Å². The van der Waals surface area contributed by atoms with E-state index in [1.165, 1.54) is 12.1 Å². The second-order valence-corrected chi connectivity index (χ2v) is 3.91. The lowest BCUT2D eigenvalue weighted by Gasteiger charge is -2.01. The number of benzene rings is 1. The van der Waals surface area contributed by atoms with Crippen molar-refractivity contribution in [2.45, 2.75) is 18.8 Å². The van der Waals surface area contributed by atoms with Crippen LogP contribution in [0.1, 0.15) is 24.3 Å². The van der Waals surface area contributed by atoms with E-state index in [1.54, 1.807) is 6.07 Å². The summed E-state index contributed by atoms with van der Waals surface area (Å²) in [6, 6.07) is 4.23. The van der Waals surface area contributed by atoms with Crippen LogP contribution in [0.5, 0.6) is 5.75 Å². The smallest absolute Gasteiger partial charge is 0.303 e. The standard InChI is InChI=1S/C11H11FO3/c12-9-4-6(1-2-10(9)13)8-3-7(8)5-11(14)15/h1-2,4,7-8,13H,3,5H2,(H,14,15). The number of phenolic OH excluding ortho intramolecular Hbond substituents is 1. The van der Waals surface area contributed by atoms with E-state index in [4.69, 9.17) is 10.2 Å². The summed E-state index contributed by atoms with van der Waals surface area (Å²) in [5.41, 5.74) is 0.775. The van der Waals surface area contributed by atoms with Crippen molar-refractivity contribution in [2.24, 2.45) is 5.92 Å². The number of carboxylic acid groups (broad SMARTS) is 1. The lowest BCUT2D eigenvalue weighted by atomic mass is 10.1. The van der Waals surface area contributed by atoms with E-state index < -0.39 is 11.8 Å². The van der Waals surface area contributed by atoms with E-state index in [-0.39, 0.29) is 24.0 Å². The van der Waals surface area contributed by atoms with Gasteiger partial charge in [-0.1, -0.05) is 6.07 Å². The Kier molecular flexibility index (Phi) is 2.34. The Balaban J connectivity index is 2.07. The van der Waals surface area contributed by atoms with Crippen LogP contribution < -0.4 is 0 Å². The molecule has 2 atom stereocenters. The van der Waals surface area contributed by atoms with Crippen LogP contribution in [0, 0.1) is 11.7 Å². The quantitative estimate of drug-likeness (QED) is 0.803. The van der Waals surface area contributed by atoms with Crippen LogP contribution in [-0.4, -0.2) is 16.2 Å². The van der Waals surface area contributed by atoms with Gasteiger partial charge in [-0.2, -0.15) is 0 Å². The van der Waals surface area contributed by atoms with Gasteiger partial charge in [0.1, 0.15) is 0 Å². The molecule has 1 aromatic rings. The minimum absolute atomic E-state index is 0.117. The summed E-state index contributed by atoms with van der Waals surface area (Å²) in [5, 5.41) is 17.6. The second-order valence-electron chi connectivity index (χ2n) is 3.91. The summed E-state index contributed by atoms with van der Waals surface area (Å²) >= 11 is 0. The van der Waals surface area contributed by atoms with Crippen molar-refractivity contribution in [1.29, 1.82) is 0 Å². The number of rotatable bonds is 3. The number of aromatic hydroxyl groups is 1. The fourth-order valence-corrected chi connectivity index (χ4v) is 1.86. The van der Waals surface area contributed by atoms with Crippen molar-refractivity contribution in [3.05, 3.63) is 29.6 Å². The monoisotopic (exact) mass is 210 g/mol. The molecule has 1 aliphatic carbocycles. The maximum atomic E-state index is 13.0. The first-order valence-electron chi connectivity index (χ1n) is 4.78. The topological polar surface area (TPSA) is 57.5 Å². The van der Waals surface area contributed by atoms with E-state index in [2.05, 4.69) is 0 Å². The number of carbonyl (C=O) groups is 1. The minimum Gasteiger partial charge on any atom is -0.505 e. The fourth-order valence-electron chi connectivity index (χ4n) is 1.86. The maximum Gasteiger partial charge on any atom is 0.303 e. The molecule has 2 unspecified atom stereocenters. The Morgan fingerprint density at radius 2 is 2.27 bits per heavy atom. The van der Waals surface area contributed by atoms with Gasteiger partial charge in [-0.05, 0) is 36.0 Å². The van der Waals surface area contributed by atoms with E-state index in [0.29, 0.717) is 0 Å². The van der Waals surface area contributed by atoms with Crippen LogP contribution in [0.3, 0.4) is 0 Å². The van der Waals surface area contributed by atoms with Crippen molar-refractivity contribution < 1.29 is 19.4 Å². The van der Waals surface area contributed by atoms with E-state index >= 15 is 0 Å². The van der Waals surface area contributed by atoms with Crippen LogP contribution in [0.2, 0.25) is 0 Å². The predicted molar refractivity (Wildman–Crippen MR) is 51.2 cm³/mol. The third-order valence-corrected chi connectivity index (χ3v) is 2.76. The molecule has 0 amide bonds. The van der Waals surface area contributed by atoms with Crippen LogP contribution in [0.25, 0.3) is 0 Å². The number of carboxylic acids is 1. The van der Waals surface area contributed by atoms with Crippen LogP contribution in [0.15, 0.2) is 18.2 Å². The van der Waals surface area contributed by atoms with E-state index in [1.807, 2.05) is 0 Å². The van der Waals surface area contributed by atoms with Crippen molar-refractivity contribution >= 4 is 5.97 Å². The lowest BCUT2D eigenvalue weighted by molar-refractivity contribution is -0.137. The highest BCUT2D eigenvalue weighted by Gasteiger charge is 2.39. The molecule has 0 aliphatic heterocycles. The van der Waals surface area contributed by atoms with Crippen LogP contribution in [0.4, 0.5) is 4.39 Å². The Bertz CT molecular complexity index is 403. The van der Waals surface area contributed by atoms with Crippen molar-refractivity contribution in [1.82, 2.24) is 0 Å². The zero-order chi connectivity index (χ0) is 11.0. The average molecular weight is 210 g/mol. The van der Waals surface area contributed by atoms with Gasteiger partial charge in [0.2, 0.25) is 0 Å². The zero-order valence-corrected chi connectivity index (χ0v) is 7.98. The number of hydrogen-bond donors (Lipinski definition) is 2. The molecule has 2 rings (SSSR count). The number of hydrogen-bond acceptors (Lipinski definition) is 2. The highest BCUT2D eigenvalue weighted by atomic mass is 19.1. The Morgan fingerprint density at radius 3 is 2.87 bits per heavy atom. The largest absolute Gasteiger partial charge is 0.505 e. The zero-order valence-electron chi connectivity index (χ0n) is 7.98. The third kappa shape index (κ3) is 2.09. The van der Waals surface area contributed by atoms with Gasteiger partial charge in [-0.3, -0.25) is 4.79 Å². The van der Waals surface area contributed by atoms with Crippen LogP contribution >= 0.6 is 0 Å². The third-order valence-electron chi connectivity index (χ3n) is 2.76. The van der Waals surface area contributed by atoms with Crippen molar-refractivity contribution in [3.8, 4) is 5.75 Å². The molecule has 0 saturated heterocycles. The van der Waals surface area contributed by atoms with E-state index in [0.717, 1.165) is 12.0 Å². The first-order chi connectivity index (χ1) is 7.08. The van der Waals surface area contributed by atoms with Crippen molar-refractivity contribution in [3.63, 3.8) is 0 Å². The molecule has 0 spiro atoms. The summed E-state index contributed by atoms with van der Waals surface area (Å²) in [7, 11) is 0. The molecule has 15 heavy (non-hydrogen) atoms. The number of halogens is 1. The Hall–Kier alpha value is -1.58. The molecule has 1 saturated carbocycles. The summed E-state index contributed by atoms with van der Waals surface area (Å²) in [5.74, 6) is -1.58. The molecule has 3 nitrogen and oxygen atoms in total. The maximum absolute atomic E-state index is 13.0. The normalized spacial score (nSPS) is 23.8. The summed E-state index contributed by atoms with van der Waals surface area (Å²) in [6.07, 6.45) is 0.920. The average Bonchev–Trinajstić information content (AvgIpc) is 2.88. The Labute approximate surface area is 86.2 Å². The first-order valence-corrected chi connectivity index (χ1v) is 4.78. The summed E-state index contributed by atoms with van der Waals surface area (Å²) in [6.45, 7) is 0. The van der Waals surface area contributed by atoms with Gasteiger partial charge >= 0.3 is 5.97 Å². The SMILES string of the molecule is O=C(O)CC1CC1c1ccc(O)c(F)c1. The minimum atomic E-state index is -0.818. The molecule has 1 fully saturated rings.